The molecule has 0 spiro atoms. The predicted octanol–water partition coefficient (Wildman–Crippen LogP) is 3.09. The van der Waals surface area contributed by atoms with Crippen LogP contribution in [0.25, 0.3) is 0 Å². The number of rotatable bonds is 6. The van der Waals surface area contributed by atoms with Crippen molar-refractivity contribution in [1.29, 1.82) is 0 Å². The maximum absolute atomic E-state index is 13.6. The molecule has 1 aromatic heterocycles. The van der Waals surface area contributed by atoms with E-state index in [-0.39, 0.29) is 21.5 Å². The molecular formula is C20H18FN3O4S2. The van der Waals surface area contributed by atoms with Crippen molar-refractivity contribution >= 4 is 33.2 Å². The number of thioether (sulfide) groups is 1. The second-order valence-electron chi connectivity index (χ2n) is 6.45. The number of nitrogens with zero attached hydrogens (tertiary/aromatic N) is 1. The summed E-state index contributed by atoms with van der Waals surface area (Å²) in [4.78, 5) is 30.2. The van der Waals surface area contributed by atoms with Crippen molar-refractivity contribution in [3.05, 3.63) is 76.0 Å². The van der Waals surface area contributed by atoms with Gasteiger partial charge in [-0.1, -0.05) is 30.0 Å². The lowest BCUT2D eigenvalue weighted by molar-refractivity contribution is -0.113. The highest BCUT2D eigenvalue weighted by Crippen LogP contribution is 2.21. The Labute approximate surface area is 176 Å². The van der Waals surface area contributed by atoms with Crippen LogP contribution in [0.5, 0.6) is 0 Å². The highest BCUT2D eigenvalue weighted by atomic mass is 32.2. The summed E-state index contributed by atoms with van der Waals surface area (Å²) in [5.41, 5.74) is 0.925. The van der Waals surface area contributed by atoms with Crippen LogP contribution in [0.1, 0.15) is 11.1 Å². The van der Waals surface area contributed by atoms with Gasteiger partial charge in [-0.3, -0.25) is 9.59 Å². The fourth-order valence-electron chi connectivity index (χ4n) is 2.52. The summed E-state index contributed by atoms with van der Waals surface area (Å²) in [6, 6.07) is 10.3. The van der Waals surface area contributed by atoms with Crippen LogP contribution in [0.3, 0.4) is 0 Å². The first-order chi connectivity index (χ1) is 14.2. The Morgan fingerprint density at radius 2 is 1.90 bits per heavy atom. The van der Waals surface area contributed by atoms with E-state index in [9.17, 15) is 22.4 Å². The van der Waals surface area contributed by atoms with Gasteiger partial charge in [0.25, 0.3) is 5.56 Å². The predicted molar refractivity (Wildman–Crippen MR) is 112 cm³/mol. The van der Waals surface area contributed by atoms with Crippen LogP contribution in [0.15, 0.2) is 68.4 Å². The third-order valence-electron chi connectivity index (χ3n) is 4.31. The minimum absolute atomic E-state index is 0.00238. The number of H-pyrrole nitrogens is 1. The quantitative estimate of drug-likeness (QED) is 0.444. The number of benzene rings is 2. The van der Waals surface area contributed by atoms with Crippen molar-refractivity contribution in [2.75, 3.05) is 11.1 Å². The maximum Gasteiger partial charge on any atom is 0.270 e. The first-order valence-electron chi connectivity index (χ1n) is 8.77. The number of aryl methyl sites for hydroxylation is 2. The van der Waals surface area contributed by atoms with Crippen molar-refractivity contribution < 1.29 is 17.6 Å². The maximum atomic E-state index is 13.6. The molecule has 3 aromatic rings. The minimum Gasteiger partial charge on any atom is -0.323 e. The second-order valence-corrected chi connectivity index (χ2v) is 9.33. The van der Waals surface area contributed by atoms with Crippen LogP contribution in [-0.4, -0.2) is 30.0 Å². The molecule has 0 unspecified atom stereocenters. The summed E-state index contributed by atoms with van der Waals surface area (Å²) in [7, 11) is -4.04. The first kappa shape index (κ1) is 21.7. The van der Waals surface area contributed by atoms with Crippen LogP contribution in [0, 0.1) is 19.7 Å². The largest absolute Gasteiger partial charge is 0.323 e. The average molecular weight is 448 g/mol. The third-order valence-corrected chi connectivity index (χ3v) is 6.94. The van der Waals surface area contributed by atoms with Gasteiger partial charge in [-0.15, -0.1) is 0 Å². The van der Waals surface area contributed by atoms with Crippen LogP contribution in [0.2, 0.25) is 0 Å². The van der Waals surface area contributed by atoms with Gasteiger partial charge in [-0.05, 0) is 49.2 Å². The van der Waals surface area contributed by atoms with Crippen molar-refractivity contribution in [2.24, 2.45) is 0 Å². The molecule has 0 aliphatic rings. The highest BCUT2D eigenvalue weighted by molar-refractivity contribution is 7.99. The molecule has 2 aromatic carbocycles. The van der Waals surface area contributed by atoms with E-state index in [2.05, 4.69) is 15.3 Å². The van der Waals surface area contributed by atoms with Crippen molar-refractivity contribution in [2.45, 2.75) is 28.8 Å². The lowest BCUT2D eigenvalue weighted by atomic mass is 10.1. The van der Waals surface area contributed by atoms with Gasteiger partial charge in [0, 0.05) is 0 Å². The van der Waals surface area contributed by atoms with Gasteiger partial charge in [-0.25, -0.2) is 17.8 Å². The molecule has 1 heterocycles. The number of hydrogen-bond acceptors (Lipinski definition) is 6. The summed E-state index contributed by atoms with van der Waals surface area (Å²) in [5, 5.41) is 2.48. The first-order valence-corrected chi connectivity index (χ1v) is 11.2. The molecule has 0 atom stereocenters. The van der Waals surface area contributed by atoms with E-state index in [1.165, 1.54) is 30.3 Å². The van der Waals surface area contributed by atoms with E-state index in [1.54, 1.807) is 19.1 Å². The lowest BCUT2D eigenvalue weighted by Crippen LogP contribution is -2.20. The summed E-state index contributed by atoms with van der Waals surface area (Å²) < 4.78 is 39.1. The highest BCUT2D eigenvalue weighted by Gasteiger charge is 2.23. The Bertz CT molecular complexity index is 1270. The molecule has 0 aliphatic carbocycles. The number of aromatic amines is 1. The van der Waals surface area contributed by atoms with E-state index in [0.29, 0.717) is 0 Å². The normalized spacial score (nSPS) is 11.3. The van der Waals surface area contributed by atoms with Gasteiger partial charge >= 0.3 is 0 Å². The number of para-hydroxylation sites is 1. The number of halogens is 1. The fourth-order valence-corrected chi connectivity index (χ4v) is 4.47. The van der Waals surface area contributed by atoms with Crippen LogP contribution in [-0.2, 0) is 14.6 Å². The SMILES string of the molecule is Cc1ccc(S(=O)(=O)c2cnc(SCC(=O)Nc3ccccc3F)[nH]c2=O)cc1C. The van der Waals surface area contributed by atoms with Gasteiger partial charge in [0.05, 0.1) is 22.5 Å². The summed E-state index contributed by atoms with van der Waals surface area (Å²) in [6.45, 7) is 3.64. The van der Waals surface area contributed by atoms with E-state index in [1.807, 2.05) is 6.92 Å². The van der Waals surface area contributed by atoms with Crippen LogP contribution in [0.4, 0.5) is 10.1 Å². The number of sulfone groups is 1. The van der Waals surface area contributed by atoms with Gasteiger partial charge in [0.1, 0.15) is 5.82 Å². The van der Waals surface area contributed by atoms with Gasteiger partial charge in [-0.2, -0.15) is 0 Å². The molecule has 1 amide bonds. The molecule has 156 valence electrons. The molecule has 0 aliphatic heterocycles. The Kier molecular flexibility index (Phi) is 6.37. The topological polar surface area (TPSA) is 109 Å². The van der Waals surface area contributed by atoms with Crippen molar-refractivity contribution in [3.8, 4) is 0 Å². The molecule has 0 bridgehead atoms. The van der Waals surface area contributed by atoms with Crippen molar-refractivity contribution in [1.82, 2.24) is 9.97 Å². The van der Waals surface area contributed by atoms with Gasteiger partial charge in [0.2, 0.25) is 15.7 Å². The molecule has 0 radical (unpaired) electrons. The molecule has 30 heavy (non-hydrogen) atoms. The van der Waals surface area contributed by atoms with Gasteiger partial charge in [0.15, 0.2) is 10.1 Å². The van der Waals surface area contributed by atoms with E-state index >= 15 is 0 Å². The number of carbonyl (C=O) groups excluding carboxylic acids is 1. The molecule has 0 saturated carbocycles. The van der Waals surface area contributed by atoms with Gasteiger partial charge < -0.3 is 10.3 Å². The number of aromatic nitrogens is 2. The van der Waals surface area contributed by atoms with E-state index < -0.39 is 32.0 Å². The fraction of sp³-hybridized carbons (Fsp3) is 0.150. The zero-order valence-corrected chi connectivity index (χ0v) is 17.7. The van der Waals surface area contributed by atoms with Crippen molar-refractivity contribution in [3.63, 3.8) is 0 Å². The van der Waals surface area contributed by atoms with E-state index in [4.69, 9.17) is 0 Å². The standard InChI is InChI=1S/C20H18FN3O4S2/c1-12-7-8-14(9-13(12)2)30(27,28)17-10-22-20(24-19(17)26)29-11-18(25)23-16-6-4-3-5-15(16)21/h3-10H,11H2,1-2H3,(H,23,25)(H,22,24,26). The lowest BCUT2D eigenvalue weighted by Gasteiger charge is -2.08. The minimum atomic E-state index is -4.04. The van der Waals surface area contributed by atoms with E-state index in [0.717, 1.165) is 29.1 Å². The van der Waals surface area contributed by atoms with Crippen LogP contribution >= 0.6 is 11.8 Å². The number of nitrogens with one attached hydrogen (secondary N) is 2. The molecule has 0 fully saturated rings. The summed E-state index contributed by atoms with van der Waals surface area (Å²) in [5.74, 6) is -1.22. The van der Waals surface area contributed by atoms with Crippen LogP contribution < -0.4 is 10.9 Å². The molecule has 2 N–H and O–H groups in total. The Morgan fingerprint density at radius 3 is 2.57 bits per heavy atom. The summed E-state index contributed by atoms with van der Waals surface area (Å²) >= 11 is 0.891. The summed E-state index contributed by atoms with van der Waals surface area (Å²) in [6.07, 6.45) is 0.973. The molecule has 7 nitrogen and oxygen atoms in total. The molecule has 3 rings (SSSR count). The number of carbonyl (C=O) groups is 1. The third kappa shape index (κ3) is 4.77. The Balaban J connectivity index is 1.73. The monoisotopic (exact) mass is 447 g/mol. The number of amides is 1. The second kappa shape index (κ2) is 8.80. The average Bonchev–Trinajstić information content (AvgIpc) is 2.70. The molecule has 10 heteroatoms. The molecule has 0 saturated heterocycles. The smallest absolute Gasteiger partial charge is 0.270 e. The number of anilines is 1. The Morgan fingerprint density at radius 1 is 1.17 bits per heavy atom. The molecular weight excluding hydrogens is 429 g/mol. The number of hydrogen-bond donors (Lipinski definition) is 2. The zero-order valence-electron chi connectivity index (χ0n) is 16.1. The Hall–Kier alpha value is -2.98. The zero-order chi connectivity index (χ0) is 21.9.